The van der Waals surface area contributed by atoms with E-state index < -0.39 is 34.8 Å². The van der Waals surface area contributed by atoms with Gasteiger partial charge in [-0.15, -0.1) is 0 Å². The van der Waals surface area contributed by atoms with Crippen molar-refractivity contribution in [2.45, 2.75) is 26.9 Å². The molecule has 1 N–H and O–H groups in total. The molecule has 0 amide bonds. The Kier molecular flexibility index (Phi) is 5.80. The number of rotatable bonds is 2. The first-order valence-corrected chi connectivity index (χ1v) is 5.37. The van der Waals surface area contributed by atoms with Gasteiger partial charge in [0.05, 0.1) is 7.11 Å². The van der Waals surface area contributed by atoms with Crippen LogP contribution in [0.4, 0.5) is 17.6 Å². The highest BCUT2D eigenvalue weighted by molar-refractivity contribution is 5.90. The molecule has 108 valence electrons. The first-order valence-electron chi connectivity index (χ1n) is 5.37. The van der Waals surface area contributed by atoms with Crippen molar-refractivity contribution >= 4 is 5.97 Å². The van der Waals surface area contributed by atoms with Crippen LogP contribution in [0.15, 0.2) is 6.07 Å². The van der Waals surface area contributed by atoms with Crippen LogP contribution < -0.4 is 4.74 Å². The molecule has 0 radical (unpaired) electrons. The van der Waals surface area contributed by atoms with Crippen molar-refractivity contribution in [3.63, 3.8) is 0 Å². The molecule has 0 aromatic heterocycles. The summed E-state index contributed by atoms with van der Waals surface area (Å²) in [5, 5.41) is 8.68. The predicted molar refractivity (Wildman–Crippen MR) is 61.0 cm³/mol. The number of hydrogen-bond acceptors (Lipinski definition) is 2. The molecule has 0 heterocycles. The second-order valence-corrected chi connectivity index (χ2v) is 3.27. The number of aromatic carboxylic acids is 1. The lowest BCUT2D eigenvalue weighted by Gasteiger charge is -2.15. The molecular formula is C12H14F4O3. The quantitative estimate of drug-likeness (QED) is 0.837. The maximum absolute atomic E-state index is 13.6. The van der Waals surface area contributed by atoms with E-state index in [4.69, 9.17) is 5.11 Å². The van der Waals surface area contributed by atoms with Gasteiger partial charge in [0.15, 0.2) is 11.6 Å². The molecule has 19 heavy (non-hydrogen) atoms. The van der Waals surface area contributed by atoms with E-state index in [0.29, 0.717) is 6.07 Å². The van der Waals surface area contributed by atoms with Crippen LogP contribution in [0.25, 0.3) is 0 Å². The average Bonchev–Trinajstić information content (AvgIpc) is 2.29. The van der Waals surface area contributed by atoms with Crippen molar-refractivity contribution in [3.8, 4) is 5.75 Å². The molecule has 1 aromatic rings. The van der Waals surface area contributed by atoms with Crippen molar-refractivity contribution in [1.82, 2.24) is 0 Å². The molecule has 0 spiro atoms. The maximum Gasteiger partial charge on any atom is 0.420 e. The fourth-order valence-corrected chi connectivity index (χ4v) is 1.43. The van der Waals surface area contributed by atoms with E-state index in [2.05, 4.69) is 4.74 Å². The summed E-state index contributed by atoms with van der Waals surface area (Å²) in [6, 6.07) is 0.547. The number of methoxy groups -OCH3 is 1. The number of hydrogen-bond donors (Lipinski definition) is 1. The minimum atomic E-state index is -4.81. The number of benzene rings is 1. The Balaban J connectivity index is 0.00000154. The summed E-state index contributed by atoms with van der Waals surface area (Å²) in [4.78, 5) is 10.7. The number of alkyl halides is 3. The second kappa shape index (κ2) is 6.40. The Morgan fingerprint density at radius 2 is 1.79 bits per heavy atom. The van der Waals surface area contributed by atoms with Crippen molar-refractivity contribution < 1.29 is 32.2 Å². The third-order valence-electron chi connectivity index (χ3n) is 2.14. The zero-order valence-corrected chi connectivity index (χ0v) is 10.9. The third-order valence-corrected chi connectivity index (χ3v) is 2.14. The van der Waals surface area contributed by atoms with Crippen molar-refractivity contribution in [2.75, 3.05) is 7.11 Å². The smallest absolute Gasteiger partial charge is 0.420 e. The van der Waals surface area contributed by atoms with Crippen LogP contribution in [0.1, 0.15) is 35.3 Å². The molecule has 1 aromatic carbocycles. The molecular weight excluding hydrogens is 268 g/mol. The molecule has 0 aliphatic heterocycles. The van der Waals surface area contributed by atoms with Gasteiger partial charge in [0.2, 0.25) is 0 Å². The standard InChI is InChI=1S/C10H8F4O3.C2H6/c1-4-3-5(10(12,13)14)8(17-2)7(11)6(4)9(15)16;1-2/h3H,1-2H3,(H,15,16);1-2H3. The average molecular weight is 282 g/mol. The molecule has 0 saturated heterocycles. The van der Waals surface area contributed by atoms with Crippen LogP contribution in [0.5, 0.6) is 5.75 Å². The van der Waals surface area contributed by atoms with Crippen LogP contribution in [0.2, 0.25) is 0 Å². The normalized spacial score (nSPS) is 10.5. The molecule has 0 aliphatic carbocycles. The fourth-order valence-electron chi connectivity index (χ4n) is 1.43. The molecule has 0 aliphatic rings. The van der Waals surface area contributed by atoms with E-state index in [9.17, 15) is 22.4 Å². The monoisotopic (exact) mass is 282 g/mol. The minimum Gasteiger partial charge on any atom is -0.493 e. The van der Waals surface area contributed by atoms with Gasteiger partial charge in [-0.05, 0) is 18.6 Å². The number of carboxylic acid groups (broad SMARTS) is 1. The molecule has 0 bridgehead atoms. The Bertz CT molecular complexity index is 467. The predicted octanol–water partition coefficient (Wildman–Crippen LogP) is 3.89. The van der Waals surface area contributed by atoms with E-state index in [1.54, 1.807) is 0 Å². The lowest BCUT2D eigenvalue weighted by molar-refractivity contribution is -0.139. The topological polar surface area (TPSA) is 46.5 Å². The van der Waals surface area contributed by atoms with E-state index >= 15 is 0 Å². The fraction of sp³-hybridized carbons (Fsp3) is 0.417. The summed E-state index contributed by atoms with van der Waals surface area (Å²) in [6.07, 6.45) is -4.81. The number of ether oxygens (including phenoxy) is 1. The molecule has 0 saturated carbocycles. The van der Waals surface area contributed by atoms with Gasteiger partial charge in [0.1, 0.15) is 11.1 Å². The lowest BCUT2D eigenvalue weighted by atomic mass is 10.0. The molecule has 3 nitrogen and oxygen atoms in total. The van der Waals surface area contributed by atoms with E-state index in [-0.39, 0.29) is 5.56 Å². The molecule has 0 fully saturated rings. The van der Waals surface area contributed by atoms with Crippen molar-refractivity contribution in [2.24, 2.45) is 0 Å². The summed E-state index contributed by atoms with van der Waals surface area (Å²) >= 11 is 0. The van der Waals surface area contributed by atoms with Crippen LogP contribution in [0.3, 0.4) is 0 Å². The van der Waals surface area contributed by atoms with E-state index in [0.717, 1.165) is 14.0 Å². The van der Waals surface area contributed by atoms with Crippen LogP contribution >= 0.6 is 0 Å². The van der Waals surface area contributed by atoms with Gasteiger partial charge in [-0.3, -0.25) is 0 Å². The van der Waals surface area contributed by atoms with Gasteiger partial charge in [-0.25, -0.2) is 9.18 Å². The van der Waals surface area contributed by atoms with E-state index in [1.165, 1.54) is 0 Å². The molecule has 0 atom stereocenters. The summed E-state index contributed by atoms with van der Waals surface area (Å²) in [5.41, 5.74) is -2.47. The molecule has 0 unspecified atom stereocenters. The zero-order chi connectivity index (χ0) is 15.4. The molecule has 7 heteroatoms. The van der Waals surface area contributed by atoms with Crippen molar-refractivity contribution in [1.29, 1.82) is 0 Å². The third kappa shape index (κ3) is 3.59. The van der Waals surface area contributed by atoms with Gasteiger partial charge in [-0.2, -0.15) is 13.2 Å². The van der Waals surface area contributed by atoms with Gasteiger partial charge < -0.3 is 9.84 Å². The largest absolute Gasteiger partial charge is 0.493 e. The van der Waals surface area contributed by atoms with E-state index in [1.807, 2.05) is 13.8 Å². The van der Waals surface area contributed by atoms with Crippen molar-refractivity contribution in [3.05, 3.63) is 28.6 Å². The number of aryl methyl sites for hydroxylation is 1. The van der Waals surface area contributed by atoms with Gasteiger partial charge in [0, 0.05) is 0 Å². The Labute approximate surface area is 107 Å². The van der Waals surface area contributed by atoms with Gasteiger partial charge >= 0.3 is 12.1 Å². The SMILES string of the molecule is CC.COc1c(C(F)(F)F)cc(C)c(C(=O)O)c1F. The Hall–Kier alpha value is -1.79. The summed E-state index contributed by atoms with van der Waals surface area (Å²) in [6.45, 7) is 5.08. The highest BCUT2D eigenvalue weighted by Crippen LogP contribution is 2.39. The highest BCUT2D eigenvalue weighted by atomic mass is 19.4. The van der Waals surface area contributed by atoms with Gasteiger partial charge in [-0.1, -0.05) is 13.8 Å². The Morgan fingerprint density at radius 3 is 2.11 bits per heavy atom. The van der Waals surface area contributed by atoms with Crippen LogP contribution in [-0.4, -0.2) is 18.2 Å². The van der Waals surface area contributed by atoms with Crippen LogP contribution in [0, 0.1) is 12.7 Å². The summed E-state index contributed by atoms with van der Waals surface area (Å²) < 4.78 is 55.5. The number of carboxylic acids is 1. The summed E-state index contributed by atoms with van der Waals surface area (Å²) in [7, 11) is 0.842. The maximum atomic E-state index is 13.6. The number of halogens is 4. The first-order chi connectivity index (χ1) is 8.70. The second-order valence-electron chi connectivity index (χ2n) is 3.27. The highest BCUT2D eigenvalue weighted by Gasteiger charge is 2.38. The van der Waals surface area contributed by atoms with Gasteiger partial charge in [0.25, 0.3) is 0 Å². The minimum absolute atomic E-state index is 0.317. The first kappa shape index (κ1) is 17.2. The summed E-state index contributed by atoms with van der Waals surface area (Å²) in [5.74, 6) is -4.28. The zero-order valence-electron chi connectivity index (χ0n) is 10.9. The lowest BCUT2D eigenvalue weighted by Crippen LogP contribution is -2.13. The molecule has 1 rings (SSSR count). The Morgan fingerprint density at radius 1 is 1.32 bits per heavy atom. The number of carbonyl (C=O) groups is 1. The van der Waals surface area contributed by atoms with Crippen LogP contribution in [-0.2, 0) is 6.18 Å².